The Balaban J connectivity index is 1.46. The van der Waals surface area contributed by atoms with Crippen molar-refractivity contribution < 1.29 is 0 Å². The maximum Gasteiger partial charge on any atom is 0.0343 e. The summed E-state index contributed by atoms with van der Waals surface area (Å²) in [6.45, 7) is 6.53. The van der Waals surface area contributed by atoms with E-state index in [4.69, 9.17) is 0 Å². The number of hydrogen-bond acceptors (Lipinski definition) is 2. The third kappa shape index (κ3) is 2.24. The minimum absolute atomic E-state index is 0.369. The van der Waals surface area contributed by atoms with E-state index < -0.39 is 0 Å². The molecule has 2 saturated carbocycles. The lowest BCUT2D eigenvalue weighted by atomic mass is 9.46. The number of fused-ring (bicyclic) bond motifs is 5. The molecular formula is C24H34N2. The molecule has 140 valence electrons. The lowest BCUT2D eigenvalue weighted by Gasteiger charge is -2.62. The largest absolute Gasteiger partial charge is 0.303 e. The minimum Gasteiger partial charge on any atom is -0.303 e. The van der Waals surface area contributed by atoms with Crippen molar-refractivity contribution in [1.29, 1.82) is 0 Å². The Kier molecular flexibility index (Phi) is 3.87. The van der Waals surface area contributed by atoms with E-state index in [0.717, 1.165) is 23.8 Å². The van der Waals surface area contributed by atoms with Gasteiger partial charge in [0.15, 0.2) is 0 Å². The number of nitrogens with zero attached hydrogens (tertiary/aromatic N) is 2. The average molecular weight is 351 g/mol. The van der Waals surface area contributed by atoms with Crippen LogP contribution in [0.4, 0.5) is 0 Å². The molecule has 2 nitrogen and oxygen atoms in total. The summed E-state index contributed by atoms with van der Waals surface area (Å²) in [5.74, 6) is 2.71. The topological polar surface area (TPSA) is 16.1 Å². The van der Waals surface area contributed by atoms with Crippen molar-refractivity contribution in [3.8, 4) is 0 Å². The van der Waals surface area contributed by atoms with Gasteiger partial charge in [-0.05, 0) is 104 Å². The molecule has 1 aliphatic heterocycles. The quantitative estimate of drug-likeness (QED) is 0.673. The van der Waals surface area contributed by atoms with E-state index in [2.05, 4.69) is 55.2 Å². The summed E-state index contributed by atoms with van der Waals surface area (Å²) in [5, 5.41) is 0. The van der Waals surface area contributed by atoms with Gasteiger partial charge in [-0.15, -0.1) is 0 Å². The number of hydrogen-bond donors (Lipinski definition) is 0. The molecule has 2 heterocycles. The first-order valence-corrected chi connectivity index (χ1v) is 10.9. The van der Waals surface area contributed by atoms with Gasteiger partial charge >= 0.3 is 0 Å². The summed E-state index contributed by atoms with van der Waals surface area (Å²) < 4.78 is 0. The highest BCUT2D eigenvalue weighted by atomic mass is 15.2. The molecule has 1 saturated heterocycles. The van der Waals surface area contributed by atoms with Crippen molar-refractivity contribution in [2.24, 2.45) is 28.6 Å². The van der Waals surface area contributed by atoms with Gasteiger partial charge in [-0.2, -0.15) is 0 Å². The van der Waals surface area contributed by atoms with E-state index in [1.807, 2.05) is 6.20 Å². The van der Waals surface area contributed by atoms with Crippen molar-refractivity contribution >= 4 is 5.57 Å². The van der Waals surface area contributed by atoms with Gasteiger partial charge in [-0.3, -0.25) is 4.98 Å². The first-order chi connectivity index (χ1) is 12.5. The Morgan fingerprint density at radius 1 is 1.12 bits per heavy atom. The highest BCUT2D eigenvalue weighted by molar-refractivity contribution is 5.72. The number of likely N-dealkylation sites (tertiary alicyclic amines) is 1. The zero-order valence-electron chi connectivity index (χ0n) is 16.7. The normalized spacial score (nSPS) is 45.4. The Morgan fingerprint density at radius 3 is 2.81 bits per heavy atom. The zero-order valence-corrected chi connectivity index (χ0v) is 16.7. The molecule has 0 aromatic carbocycles. The summed E-state index contributed by atoms with van der Waals surface area (Å²) in [4.78, 5) is 7.10. The second-order valence-electron chi connectivity index (χ2n) is 10.1. The second kappa shape index (κ2) is 5.92. The number of pyridine rings is 1. The van der Waals surface area contributed by atoms with Crippen LogP contribution in [0.1, 0.15) is 64.4 Å². The van der Waals surface area contributed by atoms with Crippen molar-refractivity contribution in [3.05, 3.63) is 36.2 Å². The van der Waals surface area contributed by atoms with Gasteiger partial charge in [0.1, 0.15) is 0 Å². The third-order valence-electron chi connectivity index (χ3n) is 9.13. The summed E-state index contributed by atoms with van der Waals surface area (Å²) in [6, 6.07) is 5.20. The van der Waals surface area contributed by atoms with Crippen LogP contribution < -0.4 is 0 Å². The van der Waals surface area contributed by atoms with Crippen molar-refractivity contribution in [1.82, 2.24) is 9.88 Å². The van der Waals surface area contributed by atoms with Crippen LogP contribution in [-0.2, 0) is 0 Å². The molecule has 2 heteroatoms. The van der Waals surface area contributed by atoms with Crippen LogP contribution in [-0.4, -0.2) is 29.5 Å². The number of aromatic nitrogens is 1. The molecule has 0 N–H and O–H groups in total. The van der Waals surface area contributed by atoms with E-state index in [0.29, 0.717) is 10.8 Å². The molecule has 5 rings (SSSR count). The molecule has 2 unspecified atom stereocenters. The Labute approximate surface area is 159 Å². The van der Waals surface area contributed by atoms with Gasteiger partial charge in [0.25, 0.3) is 0 Å². The standard InChI is InChI=1S/C24H34N2/c1-23-13-11-21-18(7-10-22-24(21,2)12-5-15-26(22)3)20(23)9-8-19(23)17-6-4-14-25-16-17/h4,6,8,14,16,18,20-22H,5,7,9-13,15H2,1-3H3/t18-,20-,21?,22?,23+,24+/m0/s1. The van der Waals surface area contributed by atoms with Gasteiger partial charge in [0, 0.05) is 18.4 Å². The van der Waals surface area contributed by atoms with Crippen LogP contribution >= 0.6 is 0 Å². The molecule has 1 aromatic rings. The first kappa shape index (κ1) is 17.0. The fourth-order valence-electron chi connectivity index (χ4n) is 7.91. The van der Waals surface area contributed by atoms with E-state index in [1.165, 1.54) is 57.1 Å². The number of piperidine rings is 1. The van der Waals surface area contributed by atoms with Crippen LogP contribution in [0.2, 0.25) is 0 Å². The van der Waals surface area contributed by atoms with Crippen LogP contribution in [0, 0.1) is 28.6 Å². The number of rotatable bonds is 1. The van der Waals surface area contributed by atoms with Crippen LogP contribution in [0.15, 0.2) is 30.6 Å². The molecule has 0 spiro atoms. The third-order valence-corrected chi connectivity index (χ3v) is 9.13. The van der Waals surface area contributed by atoms with Gasteiger partial charge in [-0.25, -0.2) is 0 Å². The monoisotopic (exact) mass is 350 g/mol. The highest BCUT2D eigenvalue weighted by Crippen LogP contribution is 2.66. The molecule has 26 heavy (non-hydrogen) atoms. The summed E-state index contributed by atoms with van der Waals surface area (Å²) in [7, 11) is 2.38. The summed E-state index contributed by atoms with van der Waals surface area (Å²) in [5.41, 5.74) is 3.89. The van der Waals surface area contributed by atoms with Gasteiger partial charge in [-0.1, -0.05) is 26.0 Å². The Morgan fingerprint density at radius 2 is 2.00 bits per heavy atom. The average Bonchev–Trinajstić information content (AvgIpc) is 2.99. The molecule has 0 amide bonds. The van der Waals surface area contributed by atoms with Crippen LogP contribution in [0.25, 0.3) is 5.57 Å². The minimum atomic E-state index is 0.369. The molecule has 3 aliphatic carbocycles. The molecule has 0 radical (unpaired) electrons. The molecule has 6 atom stereocenters. The van der Waals surface area contributed by atoms with Crippen molar-refractivity contribution in [2.75, 3.05) is 13.6 Å². The predicted molar refractivity (Wildman–Crippen MR) is 108 cm³/mol. The maximum absolute atomic E-state index is 4.41. The lowest BCUT2D eigenvalue weighted by molar-refractivity contribution is -0.110. The smallest absolute Gasteiger partial charge is 0.0343 e. The molecule has 3 fully saturated rings. The number of allylic oxidation sites excluding steroid dienone is 2. The van der Waals surface area contributed by atoms with Crippen LogP contribution in [0.3, 0.4) is 0 Å². The van der Waals surface area contributed by atoms with E-state index in [9.17, 15) is 0 Å². The Bertz CT molecular complexity index is 710. The predicted octanol–water partition coefficient (Wildman–Crippen LogP) is 5.41. The van der Waals surface area contributed by atoms with E-state index in [1.54, 1.807) is 5.57 Å². The fraction of sp³-hybridized carbons (Fsp3) is 0.708. The van der Waals surface area contributed by atoms with Crippen molar-refractivity contribution in [3.63, 3.8) is 0 Å². The van der Waals surface area contributed by atoms with E-state index in [-0.39, 0.29) is 0 Å². The lowest BCUT2D eigenvalue weighted by Crippen LogP contribution is -2.59. The van der Waals surface area contributed by atoms with Gasteiger partial charge in [0.05, 0.1) is 0 Å². The maximum atomic E-state index is 4.41. The summed E-state index contributed by atoms with van der Waals surface area (Å²) in [6.07, 6.45) is 16.4. The van der Waals surface area contributed by atoms with Crippen molar-refractivity contribution in [2.45, 2.75) is 64.8 Å². The van der Waals surface area contributed by atoms with Crippen LogP contribution in [0.5, 0.6) is 0 Å². The first-order valence-electron chi connectivity index (χ1n) is 10.9. The van der Waals surface area contributed by atoms with Gasteiger partial charge < -0.3 is 4.90 Å². The zero-order chi connectivity index (χ0) is 17.9. The molecule has 4 aliphatic rings. The SMILES string of the molecule is CN1CCC[C@]2(C)C3CC[C@]4(C)C(c5cccnc5)=CC[C@H]4[C@@H]3CCC12. The molecular weight excluding hydrogens is 316 g/mol. The Hall–Kier alpha value is -1.15. The fourth-order valence-corrected chi connectivity index (χ4v) is 7.91. The molecule has 0 bridgehead atoms. The van der Waals surface area contributed by atoms with E-state index >= 15 is 0 Å². The second-order valence-corrected chi connectivity index (χ2v) is 10.1. The molecule has 1 aromatic heterocycles. The highest BCUT2D eigenvalue weighted by Gasteiger charge is 2.58. The van der Waals surface area contributed by atoms with Gasteiger partial charge in [0.2, 0.25) is 0 Å². The summed E-state index contributed by atoms with van der Waals surface area (Å²) >= 11 is 0.